The van der Waals surface area contributed by atoms with Gasteiger partial charge in [-0.3, -0.25) is 0 Å². The van der Waals surface area contributed by atoms with E-state index in [1.54, 1.807) is 6.33 Å². The number of H-pyrrole nitrogens is 1. The third-order valence-electron chi connectivity index (χ3n) is 2.45. The van der Waals surface area contributed by atoms with Crippen molar-refractivity contribution < 1.29 is 0 Å². The predicted molar refractivity (Wildman–Crippen MR) is 60.3 cm³/mol. The quantitative estimate of drug-likeness (QED) is 0.794. The number of nitrogens with one attached hydrogen (secondary N) is 2. The second kappa shape index (κ2) is 4.75. The number of hydrogen-bond donors (Lipinski definition) is 2. The van der Waals surface area contributed by atoms with E-state index >= 15 is 0 Å². The molecule has 0 atom stereocenters. The Balaban J connectivity index is 1.86. The lowest BCUT2D eigenvalue weighted by Crippen LogP contribution is -2.13. The molecule has 3 heteroatoms. The van der Waals surface area contributed by atoms with Gasteiger partial charge in [-0.25, -0.2) is 4.98 Å². The van der Waals surface area contributed by atoms with E-state index in [-0.39, 0.29) is 0 Å². The molecule has 0 amide bonds. The van der Waals surface area contributed by atoms with Gasteiger partial charge in [0.2, 0.25) is 0 Å². The van der Waals surface area contributed by atoms with Crippen LogP contribution in [0.5, 0.6) is 0 Å². The number of aryl methyl sites for hydroxylation is 1. The summed E-state index contributed by atoms with van der Waals surface area (Å²) in [7, 11) is 0. The molecule has 78 valence electrons. The van der Waals surface area contributed by atoms with Crippen molar-refractivity contribution in [2.45, 2.75) is 20.0 Å². The molecule has 0 fully saturated rings. The van der Waals surface area contributed by atoms with Gasteiger partial charge in [0, 0.05) is 25.0 Å². The van der Waals surface area contributed by atoms with Gasteiger partial charge in [-0.1, -0.05) is 24.3 Å². The van der Waals surface area contributed by atoms with Gasteiger partial charge in [0.05, 0.1) is 6.33 Å². The van der Waals surface area contributed by atoms with E-state index in [4.69, 9.17) is 0 Å². The summed E-state index contributed by atoms with van der Waals surface area (Å²) in [6, 6.07) is 8.41. The molecule has 0 aliphatic rings. The number of aromatic amines is 1. The van der Waals surface area contributed by atoms with E-state index in [1.165, 1.54) is 11.1 Å². The average molecular weight is 201 g/mol. The van der Waals surface area contributed by atoms with Crippen molar-refractivity contribution >= 4 is 0 Å². The van der Waals surface area contributed by atoms with Gasteiger partial charge in [-0.15, -0.1) is 0 Å². The van der Waals surface area contributed by atoms with Crippen LogP contribution in [0.3, 0.4) is 0 Å². The van der Waals surface area contributed by atoms with E-state index in [0.717, 1.165) is 18.8 Å². The number of hydrogen-bond acceptors (Lipinski definition) is 2. The molecule has 0 saturated carbocycles. The van der Waals surface area contributed by atoms with Crippen LogP contribution in [0.25, 0.3) is 0 Å². The number of nitrogens with zero attached hydrogens (tertiary/aromatic N) is 1. The summed E-state index contributed by atoms with van der Waals surface area (Å²) in [6.45, 7) is 3.85. The summed E-state index contributed by atoms with van der Waals surface area (Å²) in [5.41, 5.74) is 3.79. The molecular formula is C12H15N3. The number of aromatic nitrogens is 2. The fraction of sp³-hybridized carbons (Fsp3) is 0.250. The first-order chi connectivity index (χ1) is 7.36. The molecular weight excluding hydrogens is 186 g/mol. The van der Waals surface area contributed by atoms with Crippen molar-refractivity contribution in [2.75, 3.05) is 0 Å². The van der Waals surface area contributed by atoms with Crippen molar-refractivity contribution in [2.24, 2.45) is 0 Å². The highest BCUT2D eigenvalue weighted by atomic mass is 14.9. The molecule has 2 N–H and O–H groups in total. The molecule has 0 spiro atoms. The Labute approximate surface area is 89.6 Å². The molecule has 0 radical (unpaired) electrons. The fourth-order valence-electron chi connectivity index (χ4n) is 1.52. The maximum Gasteiger partial charge on any atom is 0.0922 e. The third kappa shape index (κ3) is 2.67. The molecule has 1 heterocycles. The molecule has 2 rings (SSSR count). The van der Waals surface area contributed by atoms with Crippen LogP contribution in [0.1, 0.15) is 16.8 Å². The molecule has 1 aromatic heterocycles. The van der Waals surface area contributed by atoms with Crippen LogP contribution >= 0.6 is 0 Å². The SMILES string of the molecule is Cc1ccccc1CNCc1cnc[nH]1. The van der Waals surface area contributed by atoms with Crippen molar-refractivity contribution in [3.05, 3.63) is 53.6 Å². The zero-order valence-corrected chi connectivity index (χ0v) is 8.83. The van der Waals surface area contributed by atoms with E-state index in [0.29, 0.717) is 0 Å². The summed E-state index contributed by atoms with van der Waals surface area (Å²) >= 11 is 0. The summed E-state index contributed by atoms with van der Waals surface area (Å²) < 4.78 is 0. The highest BCUT2D eigenvalue weighted by Crippen LogP contribution is 2.06. The minimum atomic E-state index is 0.828. The molecule has 2 aromatic rings. The summed E-state index contributed by atoms with van der Waals surface area (Å²) in [6.07, 6.45) is 3.54. The largest absolute Gasteiger partial charge is 0.347 e. The van der Waals surface area contributed by atoms with Gasteiger partial charge >= 0.3 is 0 Å². The first-order valence-electron chi connectivity index (χ1n) is 5.09. The summed E-state index contributed by atoms with van der Waals surface area (Å²) in [4.78, 5) is 7.03. The van der Waals surface area contributed by atoms with Gasteiger partial charge in [-0.2, -0.15) is 0 Å². The van der Waals surface area contributed by atoms with Gasteiger partial charge in [-0.05, 0) is 18.1 Å². The minimum absolute atomic E-state index is 0.828. The molecule has 3 nitrogen and oxygen atoms in total. The van der Waals surface area contributed by atoms with Gasteiger partial charge in [0.1, 0.15) is 0 Å². The normalized spacial score (nSPS) is 10.5. The molecule has 0 aliphatic heterocycles. The fourth-order valence-corrected chi connectivity index (χ4v) is 1.52. The molecule has 0 bridgehead atoms. The standard InChI is InChI=1S/C12H15N3/c1-10-4-2-3-5-11(10)6-13-7-12-8-14-9-15-12/h2-5,8-9,13H,6-7H2,1H3,(H,14,15). The highest BCUT2D eigenvalue weighted by Gasteiger charge is 1.97. The van der Waals surface area contributed by atoms with Gasteiger partial charge < -0.3 is 10.3 Å². The Kier molecular flexibility index (Phi) is 3.15. The summed E-state index contributed by atoms with van der Waals surface area (Å²) in [5, 5.41) is 3.37. The van der Waals surface area contributed by atoms with Crippen molar-refractivity contribution in [3.63, 3.8) is 0 Å². The number of benzene rings is 1. The van der Waals surface area contributed by atoms with Crippen LogP contribution in [0.15, 0.2) is 36.8 Å². The second-order valence-electron chi connectivity index (χ2n) is 3.61. The minimum Gasteiger partial charge on any atom is -0.347 e. The Morgan fingerprint density at radius 1 is 1.27 bits per heavy atom. The van der Waals surface area contributed by atoms with Gasteiger partial charge in [0.15, 0.2) is 0 Å². The lowest BCUT2D eigenvalue weighted by Gasteiger charge is -2.06. The monoisotopic (exact) mass is 201 g/mol. The van der Waals surface area contributed by atoms with Crippen LogP contribution < -0.4 is 5.32 Å². The Morgan fingerprint density at radius 3 is 2.87 bits per heavy atom. The van der Waals surface area contributed by atoms with Crippen LogP contribution in [-0.2, 0) is 13.1 Å². The maximum atomic E-state index is 3.97. The molecule has 15 heavy (non-hydrogen) atoms. The average Bonchev–Trinajstić information content (AvgIpc) is 2.74. The Morgan fingerprint density at radius 2 is 2.13 bits per heavy atom. The zero-order chi connectivity index (χ0) is 10.5. The smallest absolute Gasteiger partial charge is 0.0922 e. The molecule has 0 saturated heterocycles. The Bertz CT molecular complexity index is 407. The summed E-state index contributed by atoms with van der Waals surface area (Å²) in [5.74, 6) is 0. The predicted octanol–water partition coefficient (Wildman–Crippen LogP) is 2.01. The topological polar surface area (TPSA) is 40.7 Å². The van der Waals surface area contributed by atoms with Crippen molar-refractivity contribution in [1.82, 2.24) is 15.3 Å². The van der Waals surface area contributed by atoms with Gasteiger partial charge in [0.25, 0.3) is 0 Å². The second-order valence-corrected chi connectivity index (χ2v) is 3.61. The lowest BCUT2D eigenvalue weighted by molar-refractivity contribution is 0.680. The molecule has 0 unspecified atom stereocenters. The highest BCUT2D eigenvalue weighted by molar-refractivity contribution is 5.25. The van der Waals surface area contributed by atoms with Crippen LogP contribution in [0, 0.1) is 6.92 Å². The zero-order valence-electron chi connectivity index (χ0n) is 8.83. The maximum absolute atomic E-state index is 3.97. The van der Waals surface area contributed by atoms with E-state index in [2.05, 4.69) is 46.5 Å². The third-order valence-corrected chi connectivity index (χ3v) is 2.45. The van der Waals surface area contributed by atoms with Crippen LogP contribution in [0.4, 0.5) is 0 Å². The Hall–Kier alpha value is -1.61. The molecule has 1 aromatic carbocycles. The van der Waals surface area contributed by atoms with Crippen molar-refractivity contribution in [3.8, 4) is 0 Å². The first-order valence-corrected chi connectivity index (χ1v) is 5.09. The van der Waals surface area contributed by atoms with Crippen molar-refractivity contribution in [1.29, 1.82) is 0 Å². The first kappa shape index (κ1) is 9.93. The van der Waals surface area contributed by atoms with E-state index < -0.39 is 0 Å². The molecule has 0 aliphatic carbocycles. The van der Waals surface area contributed by atoms with Crippen LogP contribution in [-0.4, -0.2) is 9.97 Å². The lowest BCUT2D eigenvalue weighted by atomic mass is 10.1. The number of rotatable bonds is 4. The van der Waals surface area contributed by atoms with E-state index in [1.807, 2.05) is 6.20 Å². The number of imidazole rings is 1. The van der Waals surface area contributed by atoms with Crippen LogP contribution in [0.2, 0.25) is 0 Å². The van der Waals surface area contributed by atoms with E-state index in [9.17, 15) is 0 Å².